The lowest BCUT2D eigenvalue weighted by atomic mass is 9.79. The van der Waals surface area contributed by atoms with Crippen molar-refractivity contribution in [3.63, 3.8) is 0 Å². The molecule has 0 fully saturated rings. The van der Waals surface area contributed by atoms with Crippen molar-refractivity contribution in [2.24, 2.45) is 0 Å². The fourth-order valence-corrected chi connectivity index (χ4v) is 1.93. The van der Waals surface area contributed by atoms with Gasteiger partial charge in [0.25, 0.3) is 0 Å². The van der Waals surface area contributed by atoms with E-state index in [1.807, 2.05) is 12.1 Å². The van der Waals surface area contributed by atoms with Gasteiger partial charge in [0.1, 0.15) is 11.4 Å². The molecular formula is C14H20BNO5. The highest BCUT2D eigenvalue weighted by Gasteiger charge is 2.31. The Morgan fingerprint density at radius 3 is 2.86 bits per heavy atom. The SMILES string of the molecule is CN(COc1cccc2c1B(O)OC2)C(=O)OC(C)(C)C. The largest absolute Gasteiger partial charge is 0.495 e. The summed E-state index contributed by atoms with van der Waals surface area (Å²) < 4.78 is 16.0. The number of nitrogens with zero attached hydrogens (tertiary/aromatic N) is 1. The summed E-state index contributed by atoms with van der Waals surface area (Å²) in [6, 6.07) is 5.43. The molecule has 0 radical (unpaired) electrons. The Labute approximate surface area is 124 Å². The molecule has 21 heavy (non-hydrogen) atoms. The van der Waals surface area contributed by atoms with E-state index in [2.05, 4.69) is 0 Å². The number of hydrogen-bond acceptors (Lipinski definition) is 5. The Morgan fingerprint density at radius 2 is 2.19 bits per heavy atom. The molecule has 114 valence electrons. The maximum absolute atomic E-state index is 11.8. The summed E-state index contributed by atoms with van der Waals surface area (Å²) in [5.41, 5.74) is 0.957. The Morgan fingerprint density at radius 1 is 1.48 bits per heavy atom. The van der Waals surface area contributed by atoms with E-state index >= 15 is 0 Å². The van der Waals surface area contributed by atoms with Crippen LogP contribution < -0.4 is 10.2 Å². The Kier molecular flexibility index (Phi) is 4.44. The predicted octanol–water partition coefficient (Wildman–Crippen LogP) is 1.11. The lowest BCUT2D eigenvalue weighted by Crippen LogP contribution is -2.37. The monoisotopic (exact) mass is 293 g/mol. The van der Waals surface area contributed by atoms with Crippen molar-refractivity contribution in [2.45, 2.75) is 33.0 Å². The van der Waals surface area contributed by atoms with Crippen LogP contribution in [0.2, 0.25) is 0 Å². The van der Waals surface area contributed by atoms with Crippen molar-refractivity contribution in [3.8, 4) is 5.75 Å². The average molecular weight is 293 g/mol. The van der Waals surface area contributed by atoms with Crippen LogP contribution in [-0.4, -0.2) is 42.5 Å². The minimum absolute atomic E-state index is 0.0259. The van der Waals surface area contributed by atoms with Crippen LogP contribution in [0.1, 0.15) is 26.3 Å². The first kappa shape index (κ1) is 15.7. The summed E-state index contributed by atoms with van der Waals surface area (Å²) in [6.45, 7) is 5.79. The standard InChI is InChI=1S/C14H20BNO5/c1-14(2,3)21-13(17)16(4)9-19-11-7-5-6-10-8-20-15(18)12(10)11/h5-7,18H,8-9H2,1-4H3. The normalized spacial score (nSPS) is 13.9. The van der Waals surface area contributed by atoms with Gasteiger partial charge in [0.2, 0.25) is 0 Å². The number of carbonyl (C=O) groups is 1. The van der Waals surface area contributed by atoms with Crippen molar-refractivity contribution in [2.75, 3.05) is 13.8 Å². The number of carbonyl (C=O) groups excluding carboxylic acids is 1. The number of hydrogen-bond donors (Lipinski definition) is 1. The van der Waals surface area contributed by atoms with Crippen LogP contribution in [0.5, 0.6) is 5.75 Å². The average Bonchev–Trinajstić information content (AvgIpc) is 2.76. The highest BCUT2D eigenvalue weighted by Crippen LogP contribution is 2.18. The van der Waals surface area contributed by atoms with Crippen LogP contribution in [0.15, 0.2) is 18.2 Å². The molecule has 1 heterocycles. The first-order valence-electron chi connectivity index (χ1n) is 6.76. The molecule has 0 aliphatic carbocycles. The van der Waals surface area contributed by atoms with Crippen LogP contribution in [0.25, 0.3) is 0 Å². The fraction of sp³-hybridized carbons (Fsp3) is 0.500. The molecule has 6 nitrogen and oxygen atoms in total. The van der Waals surface area contributed by atoms with Gasteiger partial charge < -0.3 is 19.2 Å². The smallest absolute Gasteiger partial charge is 0.473 e. The van der Waals surface area contributed by atoms with Crippen molar-refractivity contribution < 1.29 is 23.9 Å². The first-order chi connectivity index (χ1) is 9.78. The lowest BCUT2D eigenvalue weighted by molar-refractivity contribution is 0.0169. The van der Waals surface area contributed by atoms with Crippen LogP contribution >= 0.6 is 0 Å². The van der Waals surface area contributed by atoms with E-state index in [1.165, 1.54) is 4.90 Å². The molecule has 0 atom stereocenters. The molecule has 0 aromatic heterocycles. The molecule has 0 saturated carbocycles. The van der Waals surface area contributed by atoms with Crippen LogP contribution in [0, 0.1) is 0 Å². The Balaban J connectivity index is 1.98. The molecule has 0 unspecified atom stereocenters. The van der Waals surface area contributed by atoms with Gasteiger partial charge in [-0.25, -0.2) is 4.79 Å². The number of ether oxygens (including phenoxy) is 2. The van der Waals surface area contributed by atoms with E-state index in [9.17, 15) is 9.82 Å². The lowest BCUT2D eigenvalue weighted by Gasteiger charge is -2.24. The highest BCUT2D eigenvalue weighted by molar-refractivity contribution is 6.62. The molecule has 1 aromatic rings. The molecule has 1 amide bonds. The zero-order valence-corrected chi connectivity index (χ0v) is 12.8. The van der Waals surface area contributed by atoms with Gasteiger partial charge in [-0.15, -0.1) is 0 Å². The number of amides is 1. The van der Waals surface area contributed by atoms with Gasteiger partial charge in [-0.1, -0.05) is 12.1 Å². The minimum Gasteiger partial charge on any atom is -0.473 e. The van der Waals surface area contributed by atoms with Crippen LogP contribution in [-0.2, 0) is 16.0 Å². The first-order valence-corrected chi connectivity index (χ1v) is 6.76. The summed E-state index contributed by atoms with van der Waals surface area (Å²) >= 11 is 0. The van der Waals surface area contributed by atoms with Crippen LogP contribution in [0.3, 0.4) is 0 Å². The van der Waals surface area contributed by atoms with Crippen LogP contribution in [0.4, 0.5) is 4.79 Å². The van der Waals surface area contributed by atoms with Gasteiger partial charge in [-0.3, -0.25) is 4.90 Å². The maximum atomic E-state index is 11.8. The zero-order chi connectivity index (χ0) is 15.6. The topological polar surface area (TPSA) is 68.2 Å². The van der Waals surface area contributed by atoms with Crippen molar-refractivity contribution in [3.05, 3.63) is 23.8 Å². The van der Waals surface area contributed by atoms with Gasteiger partial charge in [0, 0.05) is 12.5 Å². The second-order valence-electron chi connectivity index (χ2n) is 5.94. The number of benzene rings is 1. The molecule has 7 heteroatoms. The van der Waals surface area contributed by atoms with Crippen molar-refractivity contribution >= 4 is 18.7 Å². The van der Waals surface area contributed by atoms with Gasteiger partial charge in [0.15, 0.2) is 6.73 Å². The molecular weight excluding hydrogens is 273 g/mol. The van der Waals surface area contributed by atoms with Crippen molar-refractivity contribution in [1.29, 1.82) is 0 Å². The summed E-state index contributed by atoms with van der Waals surface area (Å²) in [5.74, 6) is 0.507. The molecule has 0 saturated heterocycles. The van der Waals surface area contributed by atoms with Crippen molar-refractivity contribution in [1.82, 2.24) is 4.90 Å². The molecule has 2 rings (SSSR count). The summed E-state index contributed by atoms with van der Waals surface area (Å²) in [4.78, 5) is 13.2. The number of fused-ring (bicyclic) bond motifs is 1. The summed E-state index contributed by atoms with van der Waals surface area (Å²) in [6.07, 6.45) is -0.466. The molecule has 1 aliphatic rings. The van der Waals surface area contributed by atoms with E-state index < -0.39 is 18.8 Å². The predicted molar refractivity (Wildman–Crippen MR) is 78.3 cm³/mol. The molecule has 1 N–H and O–H groups in total. The molecule has 1 aliphatic heterocycles. The zero-order valence-electron chi connectivity index (χ0n) is 12.8. The third-order valence-electron chi connectivity index (χ3n) is 2.92. The second kappa shape index (κ2) is 5.95. The minimum atomic E-state index is -0.983. The van der Waals surface area contributed by atoms with Gasteiger partial charge in [-0.05, 0) is 32.4 Å². The third-order valence-corrected chi connectivity index (χ3v) is 2.92. The van der Waals surface area contributed by atoms with Gasteiger partial charge in [-0.2, -0.15) is 0 Å². The highest BCUT2D eigenvalue weighted by atomic mass is 16.6. The van der Waals surface area contributed by atoms with Gasteiger partial charge in [0.05, 0.1) is 6.61 Å². The quantitative estimate of drug-likeness (QED) is 0.668. The molecule has 1 aromatic carbocycles. The van der Waals surface area contributed by atoms with E-state index in [4.69, 9.17) is 14.1 Å². The van der Waals surface area contributed by atoms with Gasteiger partial charge >= 0.3 is 13.2 Å². The van der Waals surface area contributed by atoms with E-state index in [-0.39, 0.29) is 6.73 Å². The summed E-state index contributed by atoms with van der Waals surface area (Å²) in [5, 5.41) is 9.78. The Bertz CT molecular complexity index is 529. The van der Waals surface area contributed by atoms with E-state index in [0.29, 0.717) is 17.8 Å². The molecule has 0 bridgehead atoms. The third kappa shape index (κ3) is 3.89. The second-order valence-corrected chi connectivity index (χ2v) is 5.94. The summed E-state index contributed by atoms with van der Waals surface area (Å²) in [7, 11) is 0.604. The van der Waals surface area contributed by atoms with E-state index in [1.54, 1.807) is 33.9 Å². The number of rotatable bonds is 3. The fourth-order valence-electron chi connectivity index (χ4n) is 1.93. The Hall–Kier alpha value is -1.73. The maximum Gasteiger partial charge on any atom is 0.495 e. The van der Waals surface area contributed by atoms with E-state index in [0.717, 1.165) is 5.56 Å². The molecule has 0 spiro atoms.